The highest BCUT2D eigenvalue weighted by atomic mass is 16.5. The topological polar surface area (TPSA) is 107 Å². The first-order valence-corrected chi connectivity index (χ1v) is 13.5. The molecule has 2 heterocycles. The van der Waals surface area contributed by atoms with E-state index in [0.717, 1.165) is 33.6 Å². The van der Waals surface area contributed by atoms with Crippen molar-refractivity contribution in [2.45, 2.75) is 40.5 Å². The molecule has 0 aliphatic heterocycles. The molecule has 0 amide bonds. The Balaban J connectivity index is 1.62. The molecule has 2 aromatic heterocycles. The van der Waals surface area contributed by atoms with Crippen LogP contribution in [0.2, 0.25) is 0 Å². The zero-order valence-electron chi connectivity index (χ0n) is 23.6. The molecular formula is C33H31N3O5. The van der Waals surface area contributed by atoms with Gasteiger partial charge in [-0.25, -0.2) is 9.78 Å². The third kappa shape index (κ3) is 5.41. The van der Waals surface area contributed by atoms with Gasteiger partial charge in [0.05, 0.1) is 29.3 Å². The van der Waals surface area contributed by atoms with Crippen LogP contribution in [0.5, 0.6) is 5.75 Å². The lowest BCUT2D eigenvalue weighted by Crippen LogP contribution is -2.20. The lowest BCUT2D eigenvalue weighted by Gasteiger charge is -2.18. The smallest absolute Gasteiger partial charge is 0.335 e. The summed E-state index contributed by atoms with van der Waals surface area (Å²) < 4.78 is 13.2. The average molecular weight is 550 g/mol. The summed E-state index contributed by atoms with van der Waals surface area (Å²) in [6, 6.07) is 19.6. The number of benzene rings is 3. The lowest BCUT2D eigenvalue weighted by atomic mass is 9.96. The van der Waals surface area contributed by atoms with Crippen molar-refractivity contribution < 1.29 is 19.1 Å². The molecule has 0 aliphatic carbocycles. The van der Waals surface area contributed by atoms with Crippen LogP contribution < -0.4 is 10.3 Å². The van der Waals surface area contributed by atoms with Crippen LogP contribution in [0.4, 0.5) is 0 Å². The molecule has 0 atom stereocenters. The van der Waals surface area contributed by atoms with Gasteiger partial charge in [-0.2, -0.15) is 9.78 Å². The normalized spacial score (nSPS) is 11.6. The molecule has 3 aromatic carbocycles. The molecule has 8 nitrogen and oxygen atoms in total. The van der Waals surface area contributed by atoms with Crippen LogP contribution in [0.25, 0.3) is 33.6 Å². The molecule has 5 rings (SSSR count). The third-order valence-corrected chi connectivity index (χ3v) is 6.94. The van der Waals surface area contributed by atoms with Crippen molar-refractivity contribution in [1.29, 1.82) is 0 Å². The van der Waals surface area contributed by atoms with Crippen LogP contribution in [-0.4, -0.2) is 33.6 Å². The fourth-order valence-electron chi connectivity index (χ4n) is 4.83. The zero-order valence-corrected chi connectivity index (χ0v) is 23.6. The van der Waals surface area contributed by atoms with E-state index in [1.54, 1.807) is 36.4 Å². The van der Waals surface area contributed by atoms with E-state index in [1.807, 2.05) is 45.0 Å². The Morgan fingerprint density at radius 3 is 2.51 bits per heavy atom. The van der Waals surface area contributed by atoms with Gasteiger partial charge in [0.1, 0.15) is 17.3 Å². The minimum Gasteiger partial charge on any atom is -0.494 e. The van der Waals surface area contributed by atoms with Gasteiger partial charge in [0, 0.05) is 11.1 Å². The molecule has 0 fully saturated rings. The van der Waals surface area contributed by atoms with Crippen molar-refractivity contribution in [3.63, 3.8) is 0 Å². The molecule has 0 bridgehead atoms. The number of carbonyl (C=O) groups is 1. The van der Waals surface area contributed by atoms with Crippen molar-refractivity contribution >= 4 is 23.1 Å². The summed E-state index contributed by atoms with van der Waals surface area (Å²) in [4.78, 5) is 29.9. The van der Waals surface area contributed by atoms with E-state index in [-0.39, 0.29) is 17.0 Å². The van der Waals surface area contributed by atoms with Gasteiger partial charge >= 0.3 is 5.97 Å². The van der Waals surface area contributed by atoms with Crippen molar-refractivity contribution in [2.24, 2.45) is 5.10 Å². The number of furan rings is 1. The maximum atomic E-state index is 13.7. The largest absolute Gasteiger partial charge is 0.494 e. The first-order chi connectivity index (χ1) is 19.7. The number of fused-ring (bicyclic) bond motifs is 1. The Morgan fingerprint density at radius 1 is 1.05 bits per heavy atom. The van der Waals surface area contributed by atoms with Crippen LogP contribution in [0.3, 0.4) is 0 Å². The lowest BCUT2D eigenvalue weighted by molar-refractivity contribution is 0.0696. The van der Waals surface area contributed by atoms with Gasteiger partial charge in [-0.15, -0.1) is 0 Å². The van der Waals surface area contributed by atoms with Crippen molar-refractivity contribution in [2.75, 3.05) is 6.61 Å². The minimum absolute atomic E-state index is 0.189. The highest BCUT2D eigenvalue weighted by molar-refractivity contribution is 5.89. The fraction of sp³-hybridized carbons (Fsp3) is 0.212. The monoisotopic (exact) mass is 549 g/mol. The van der Waals surface area contributed by atoms with Crippen molar-refractivity contribution in [1.82, 2.24) is 9.66 Å². The van der Waals surface area contributed by atoms with E-state index >= 15 is 0 Å². The van der Waals surface area contributed by atoms with Crippen LogP contribution in [0.1, 0.15) is 59.5 Å². The maximum Gasteiger partial charge on any atom is 0.335 e. The first kappa shape index (κ1) is 27.6. The van der Waals surface area contributed by atoms with Gasteiger partial charge in [-0.3, -0.25) is 4.79 Å². The van der Waals surface area contributed by atoms with Crippen molar-refractivity contribution in [3.8, 4) is 28.5 Å². The Hall–Kier alpha value is -4.98. The molecule has 0 saturated carbocycles. The summed E-state index contributed by atoms with van der Waals surface area (Å²) in [6.45, 7) is 10.5. The number of aromatic carboxylic acids is 1. The van der Waals surface area contributed by atoms with Gasteiger partial charge < -0.3 is 14.3 Å². The Labute approximate surface area is 237 Å². The molecule has 8 heteroatoms. The Kier molecular flexibility index (Phi) is 7.57. The van der Waals surface area contributed by atoms with E-state index in [9.17, 15) is 14.7 Å². The third-order valence-electron chi connectivity index (χ3n) is 6.94. The molecule has 0 aliphatic rings. The summed E-state index contributed by atoms with van der Waals surface area (Å²) >= 11 is 0. The molecule has 0 radical (unpaired) electrons. The molecule has 0 spiro atoms. The van der Waals surface area contributed by atoms with Crippen LogP contribution in [0, 0.1) is 13.8 Å². The molecule has 41 heavy (non-hydrogen) atoms. The molecule has 208 valence electrons. The summed E-state index contributed by atoms with van der Waals surface area (Å²) in [5.74, 6) is 1.43. The number of nitrogens with zero attached hydrogens (tertiary/aromatic N) is 3. The second-order valence-electron chi connectivity index (χ2n) is 10.1. The molecule has 5 aromatic rings. The molecular weight excluding hydrogens is 518 g/mol. The number of hydrogen-bond donors (Lipinski definition) is 1. The van der Waals surface area contributed by atoms with Gasteiger partial charge in [0.2, 0.25) is 0 Å². The number of aryl methyl sites for hydroxylation is 2. The van der Waals surface area contributed by atoms with E-state index in [0.29, 0.717) is 34.9 Å². The molecule has 1 N–H and O–H groups in total. The predicted octanol–water partition coefficient (Wildman–Crippen LogP) is 7.04. The average Bonchev–Trinajstić information content (AvgIpc) is 3.41. The number of hydrogen-bond acceptors (Lipinski definition) is 6. The maximum absolute atomic E-state index is 13.7. The molecule has 0 unspecified atom stereocenters. The van der Waals surface area contributed by atoms with E-state index in [2.05, 4.69) is 18.9 Å². The molecule has 0 saturated heterocycles. The number of aromatic nitrogens is 2. The first-order valence-electron chi connectivity index (χ1n) is 13.5. The van der Waals surface area contributed by atoms with E-state index in [1.165, 1.54) is 17.0 Å². The summed E-state index contributed by atoms with van der Waals surface area (Å²) in [5, 5.41) is 14.3. The van der Waals surface area contributed by atoms with Gasteiger partial charge in [0.25, 0.3) is 5.56 Å². The second-order valence-corrected chi connectivity index (χ2v) is 10.1. The quantitative estimate of drug-likeness (QED) is 0.208. The van der Waals surface area contributed by atoms with Crippen LogP contribution in [-0.2, 0) is 0 Å². The SMILES string of the molecule is CCOc1cc(C)c(-c2nc3ccccc3c(=O)n2N=Cc2ccc(-c3ccc(C(=O)O)cc3C)o2)cc1C(C)C. The van der Waals surface area contributed by atoms with Gasteiger partial charge in [-0.05, 0) is 91.9 Å². The number of rotatable bonds is 8. The fourth-order valence-corrected chi connectivity index (χ4v) is 4.83. The minimum atomic E-state index is -0.986. The van der Waals surface area contributed by atoms with E-state index in [4.69, 9.17) is 14.1 Å². The predicted molar refractivity (Wildman–Crippen MR) is 160 cm³/mol. The highest BCUT2D eigenvalue weighted by Gasteiger charge is 2.19. The summed E-state index contributed by atoms with van der Waals surface area (Å²) in [6.07, 6.45) is 1.49. The van der Waals surface area contributed by atoms with E-state index < -0.39 is 5.97 Å². The number of carboxylic acid groups (broad SMARTS) is 1. The van der Waals surface area contributed by atoms with Gasteiger partial charge in [0.15, 0.2) is 5.82 Å². The Bertz CT molecular complexity index is 1860. The van der Waals surface area contributed by atoms with Crippen LogP contribution >= 0.6 is 0 Å². The zero-order chi connectivity index (χ0) is 29.3. The van der Waals surface area contributed by atoms with Gasteiger partial charge in [-0.1, -0.05) is 32.0 Å². The Morgan fingerprint density at radius 2 is 1.80 bits per heavy atom. The number of para-hydroxylation sites is 1. The summed E-state index contributed by atoms with van der Waals surface area (Å²) in [7, 11) is 0. The number of carboxylic acids is 1. The standard InChI is InChI=1S/C33H31N3O5/c1-6-40-30-16-21(5)27(17-26(30)19(2)3)31-35-28-10-8-7-9-25(28)32(37)36(31)34-18-23-12-14-29(41-23)24-13-11-22(33(38)39)15-20(24)4/h7-19H,6H2,1-5H3,(H,38,39). The van der Waals surface area contributed by atoms with Crippen molar-refractivity contribution in [3.05, 3.63) is 105 Å². The van der Waals surface area contributed by atoms with Crippen LogP contribution in [0.15, 0.2) is 81.0 Å². The highest BCUT2D eigenvalue weighted by Crippen LogP contribution is 2.34. The number of ether oxygens (including phenoxy) is 1. The second kappa shape index (κ2) is 11.3. The summed E-state index contributed by atoms with van der Waals surface area (Å²) in [5.41, 5.74) is 4.74.